The van der Waals surface area contributed by atoms with Crippen molar-refractivity contribution in [1.29, 1.82) is 0 Å². The molecular formula is C19H21N3O2. The number of rotatable bonds is 5. The molecule has 0 bridgehead atoms. The van der Waals surface area contributed by atoms with E-state index in [1.165, 1.54) is 0 Å². The minimum Gasteiger partial charge on any atom is -0.497 e. The number of hydrogen-bond donors (Lipinski definition) is 1. The van der Waals surface area contributed by atoms with Crippen LogP contribution in [0.4, 0.5) is 11.4 Å². The smallest absolute Gasteiger partial charge is 0.161 e. The Morgan fingerprint density at radius 1 is 1.12 bits per heavy atom. The number of benzene rings is 1. The van der Waals surface area contributed by atoms with Crippen molar-refractivity contribution in [1.82, 2.24) is 9.97 Å². The lowest BCUT2D eigenvalue weighted by Gasteiger charge is -2.14. The zero-order valence-corrected chi connectivity index (χ0v) is 14.4. The molecule has 0 amide bonds. The van der Waals surface area contributed by atoms with Gasteiger partial charge in [-0.2, -0.15) is 0 Å². The Bertz CT molecular complexity index is 861. The summed E-state index contributed by atoms with van der Waals surface area (Å²) in [5.41, 5.74) is 4.56. The van der Waals surface area contributed by atoms with E-state index in [1.807, 2.05) is 57.3 Å². The van der Waals surface area contributed by atoms with Crippen LogP contribution in [0.3, 0.4) is 0 Å². The molecule has 5 nitrogen and oxygen atoms in total. The van der Waals surface area contributed by atoms with Gasteiger partial charge in [0.1, 0.15) is 11.5 Å². The van der Waals surface area contributed by atoms with Gasteiger partial charge in [-0.3, -0.25) is 0 Å². The topological polar surface area (TPSA) is 56.3 Å². The Morgan fingerprint density at radius 3 is 2.54 bits per heavy atom. The molecule has 5 heteroatoms. The van der Waals surface area contributed by atoms with Crippen LogP contribution in [0.2, 0.25) is 0 Å². The van der Waals surface area contributed by atoms with E-state index in [0.29, 0.717) is 12.3 Å². The molecule has 1 N–H and O–H groups in total. The predicted octanol–water partition coefficient (Wildman–Crippen LogP) is 4.40. The lowest BCUT2D eigenvalue weighted by Crippen LogP contribution is -2.01. The van der Waals surface area contributed by atoms with E-state index in [4.69, 9.17) is 9.47 Å². The molecule has 0 aliphatic rings. The fourth-order valence-electron chi connectivity index (χ4n) is 2.58. The van der Waals surface area contributed by atoms with Gasteiger partial charge in [-0.15, -0.1) is 0 Å². The molecule has 0 saturated carbocycles. The summed E-state index contributed by atoms with van der Waals surface area (Å²) in [6.07, 6.45) is 1.83. The fourth-order valence-corrected chi connectivity index (χ4v) is 2.58. The maximum atomic E-state index is 5.69. The molecule has 3 rings (SSSR count). The van der Waals surface area contributed by atoms with Gasteiger partial charge in [0, 0.05) is 17.3 Å². The molecule has 0 spiro atoms. The maximum Gasteiger partial charge on any atom is 0.161 e. The molecule has 0 aliphatic heterocycles. The van der Waals surface area contributed by atoms with Gasteiger partial charge in [0.2, 0.25) is 0 Å². The highest BCUT2D eigenvalue weighted by atomic mass is 16.5. The molecule has 1 aromatic carbocycles. The van der Waals surface area contributed by atoms with E-state index in [9.17, 15) is 0 Å². The molecule has 0 unspecified atom stereocenters. The summed E-state index contributed by atoms with van der Waals surface area (Å²) in [6, 6.07) is 9.82. The zero-order chi connectivity index (χ0) is 17.1. The van der Waals surface area contributed by atoms with Gasteiger partial charge in [0.05, 0.1) is 25.1 Å². The highest BCUT2D eigenvalue weighted by Gasteiger charge is 2.11. The van der Waals surface area contributed by atoms with E-state index in [1.54, 1.807) is 7.11 Å². The molecule has 124 valence electrons. The van der Waals surface area contributed by atoms with E-state index < -0.39 is 0 Å². The summed E-state index contributed by atoms with van der Waals surface area (Å²) in [7, 11) is 1.66. The van der Waals surface area contributed by atoms with Crippen molar-refractivity contribution in [3.63, 3.8) is 0 Å². The van der Waals surface area contributed by atoms with Crippen molar-refractivity contribution in [2.45, 2.75) is 20.8 Å². The minimum atomic E-state index is 0.606. The lowest BCUT2D eigenvalue weighted by atomic mass is 10.1. The first-order valence-electron chi connectivity index (χ1n) is 7.93. The van der Waals surface area contributed by atoms with Gasteiger partial charge >= 0.3 is 0 Å². The number of nitrogens with one attached hydrogen (secondary N) is 1. The number of hydrogen-bond acceptors (Lipinski definition) is 5. The Hall–Kier alpha value is -2.82. The summed E-state index contributed by atoms with van der Waals surface area (Å²) in [4.78, 5) is 9.01. The average Bonchev–Trinajstić information content (AvgIpc) is 2.59. The van der Waals surface area contributed by atoms with Gasteiger partial charge in [0.25, 0.3) is 0 Å². The molecule has 2 aromatic heterocycles. The first kappa shape index (κ1) is 16.1. The van der Waals surface area contributed by atoms with E-state index in [2.05, 4.69) is 15.3 Å². The van der Waals surface area contributed by atoms with Crippen molar-refractivity contribution in [2.75, 3.05) is 19.0 Å². The van der Waals surface area contributed by atoms with Crippen LogP contribution < -0.4 is 14.8 Å². The quantitative estimate of drug-likeness (QED) is 0.754. The van der Waals surface area contributed by atoms with Crippen molar-refractivity contribution in [3.8, 4) is 11.5 Å². The first-order valence-corrected chi connectivity index (χ1v) is 7.93. The van der Waals surface area contributed by atoms with Crippen LogP contribution in [0.5, 0.6) is 11.5 Å². The SMILES string of the molecule is CCOc1cc2c(Nc3ccc(OC)cc3)c(C)cnc2nc1C. The van der Waals surface area contributed by atoms with Crippen LogP contribution >= 0.6 is 0 Å². The highest BCUT2D eigenvalue weighted by Crippen LogP contribution is 2.32. The summed E-state index contributed by atoms with van der Waals surface area (Å²) >= 11 is 0. The van der Waals surface area contributed by atoms with Gasteiger partial charge in [-0.05, 0) is 56.7 Å². The molecular weight excluding hydrogens is 302 g/mol. The number of fused-ring (bicyclic) bond motifs is 1. The average molecular weight is 323 g/mol. The van der Waals surface area contributed by atoms with Crippen LogP contribution in [-0.2, 0) is 0 Å². The fraction of sp³-hybridized carbons (Fsp3) is 0.263. The lowest BCUT2D eigenvalue weighted by molar-refractivity contribution is 0.337. The van der Waals surface area contributed by atoms with E-state index in [-0.39, 0.29) is 0 Å². The van der Waals surface area contributed by atoms with Crippen LogP contribution in [0.25, 0.3) is 11.0 Å². The van der Waals surface area contributed by atoms with Crippen LogP contribution in [0, 0.1) is 13.8 Å². The molecule has 0 aliphatic carbocycles. The normalized spacial score (nSPS) is 10.7. The molecule has 2 heterocycles. The van der Waals surface area contributed by atoms with Gasteiger partial charge < -0.3 is 14.8 Å². The number of pyridine rings is 2. The summed E-state index contributed by atoms with van der Waals surface area (Å²) < 4.78 is 10.9. The second-order valence-electron chi connectivity index (χ2n) is 5.55. The highest BCUT2D eigenvalue weighted by molar-refractivity contribution is 5.93. The third-order valence-electron chi connectivity index (χ3n) is 3.85. The van der Waals surface area contributed by atoms with Gasteiger partial charge in [-0.1, -0.05) is 0 Å². The second kappa shape index (κ2) is 6.74. The van der Waals surface area contributed by atoms with E-state index >= 15 is 0 Å². The molecule has 0 radical (unpaired) electrons. The number of anilines is 2. The first-order chi connectivity index (χ1) is 11.6. The molecule has 3 aromatic rings. The summed E-state index contributed by atoms with van der Waals surface area (Å²) in [6.45, 7) is 6.53. The Kier molecular flexibility index (Phi) is 4.51. The largest absolute Gasteiger partial charge is 0.497 e. The number of methoxy groups -OCH3 is 1. The predicted molar refractivity (Wildman–Crippen MR) is 96.5 cm³/mol. The minimum absolute atomic E-state index is 0.606. The number of nitrogens with zero attached hydrogens (tertiary/aromatic N) is 2. The second-order valence-corrected chi connectivity index (χ2v) is 5.55. The van der Waals surface area contributed by atoms with Crippen LogP contribution in [0.15, 0.2) is 36.5 Å². The Morgan fingerprint density at radius 2 is 1.88 bits per heavy atom. The van der Waals surface area contributed by atoms with Gasteiger partial charge in [0.15, 0.2) is 5.65 Å². The number of aryl methyl sites for hydroxylation is 2. The Labute approximate surface area is 141 Å². The van der Waals surface area contributed by atoms with Gasteiger partial charge in [-0.25, -0.2) is 9.97 Å². The van der Waals surface area contributed by atoms with Crippen molar-refractivity contribution in [3.05, 3.63) is 47.8 Å². The molecule has 24 heavy (non-hydrogen) atoms. The third-order valence-corrected chi connectivity index (χ3v) is 3.85. The maximum absolute atomic E-state index is 5.69. The van der Waals surface area contributed by atoms with Crippen molar-refractivity contribution >= 4 is 22.4 Å². The van der Waals surface area contributed by atoms with Crippen LogP contribution in [0.1, 0.15) is 18.2 Å². The zero-order valence-electron chi connectivity index (χ0n) is 14.4. The third kappa shape index (κ3) is 3.11. The number of aromatic nitrogens is 2. The van der Waals surface area contributed by atoms with Crippen molar-refractivity contribution < 1.29 is 9.47 Å². The van der Waals surface area contributed by atoms with E-state index in [0.717, 1.165) is 39.5 Å². The van der Waals surface area contributed by atoms with Crippen molar-refractivity contribution in [2.24, 2.45) is 0 Å². The van der Waals surface area contributed by atoms with Crippen LogP contribution in [-0.4, -0.2) is 23.7 Å². The standard InChI is InChI=1S/C19H21N3O2/c1-5-24-17-10-16-18(12(2)11-20-19(16)21-13(17)3)22-14-6-8-15(23-4)9-7-14/h6-11H,5H2,1-4H3,(H,20,21,22). The monoisotopic (exact) mass is 323 g/mol. The molecule has 0 fully saturated rings. The molecule has 0 atom stereocenters. The summed E-state index contributed by atoms with van der Waals surface area (Å²) in [5, 5.41) is 4.41. The molecule has 0 saturated heterocycles. The number of ether oxygens (including phenoxy) is 2. The summed E-state index contributed by atoms with van der Waals surface area (Å²) in [5.74, 6) is 1.61. The Balaban J connectivity index is 2.07.